The quantitative estimate of drug-likeness (QED) is 0.632. The van der Waals surface area contributed by atoms with Crippen LogP contribution in [0.4, 0.5) is 0 Å². The van der Waals surface area contributed by atoms with E-state index in [1.54, 1.807) is 0 Å². The van der Waals surface area contributed by atoms with Crippen molar-refractivity contribution in [3.8, 4) is 12.3 Å². The molecule has 1 aromatic carbocycles. The molecule has 18 heavy (non-hydrogen) atoms. The number of benzene rings is 1. The van der Waals surface area contributed by atoms with Crippen LogP contribution in [0.5, 0.6) is 0 Å². The number of methoxy groups -OCH3 is 1. The van der Waals surface area contributed by atoms with Gasteiger partial charge in [-0.25, -0.2) is 4.79 Å². The number of nitrogens with one attached hydrogen (secondary N) is 1. The number of hydrogen-bond donors (Lipinski definition) is 1. The zero-order valence-electron chi connectivity index (χ0n) is 10.2. The Hall–Kier alpha value is -1.83. The maximum Gasteiger partial charge on any atom is 0.333 e. The van der Waals surface area contributed by atoms with E-state index in [0.29, 0.717) is 6.61 Å². The van der Waals surface area contributed by atoms with Crippen LogP contribution >= 0.6 is 0 Å². The number of terminal acetylenes is 1. The van der Waals surface area contributed by atoms with Gasteiger partial charge in [0.2, 0.25) is 0 Å². The smallest absolute Gasteiger partial charge is 0.333 e. The second-order valence-electron chi connectivity index (χ2n) is 4.10. The predicted octanol–water partition coefficient (Wildman–Crippen LogP) is 0.808. The Morgan fingerprint density at radius 1 is 1.61 bits per heavy atom. The molecule has 0 amide bonds. The molecule has 4 heteroatoms. The Kier molecular flexibility index (Phi) is 3.66. The van der Waals surface area contributed by atoms with Crippen molar-refractivity contribution in [2.75, 3.05) is 20.3 Å². The molecule has 0 saturated carbocycles. The summed E-state index contributed by atoms with van der Waals surface area (Å²) in [6.45, 7) is 0.984. The average Bonchev–Trinajstić information content (AvgIpc) is 2.44. The molecule has 4 nitrogen and oxygen atoms in total. The highest BCUT2D eigenvalue weighted by Crippen LogP contribution is 2.31. The topological polar surface area (TPSA) is 47.6 Å². The van der Waals surface area contributed by atoms with Crippen LogP contribution in [0.2, 0.25) is 0 Å². The minimum Gasteiger partial charge on any atom is -0.467 e. The SMILES string of the molecule is C#CCNC1(C(=O)OC)COCc2ccccc21. The van der Waals surface area contributed by atoms with Crippen molar-refractivity contribution in [2.45, 2.75) is 12.1 Å². The van der Waals surface area contributed by atoms with Gasteiger partial charge in [0, 0.05) is 0 Å². The number of carbonyl (C=O) groups is 1. The third-order valence-corrected chi connectivity index (χ3v) is 3.08. The predicted molar refractivity (Wildman–Crippen MR) is 66.6 cm³/mol. The van der Waals surface area contributed by atoms with E-state index in [-0.39, 0.29) is 19.1 Å². The van der Waals surface area contributed by atoms with Gasteiger partial charge >= 0.3 is 5.97 Å². The zero-order valence-corrected chi connectivity index (χ0v) is 10.2. The second-order valence-corrected chi connectivity index (χ2v) is 4.10. The van der Waals surface area contributed by atoms with Gasteiger partial charge in [0.25, 0.3) is 0 Å². The zero-order chi connectivity index (χ0) is 13.0. The normalized spacial score (nSPS) is 21.8. The van der Waals surface area contributed by atoms with Crippen molar-refractivity contribution in [1.82, 2.24) is 5.32 Å². The molecule has 1 heterocycles. The number of rotatable bonds is 3. The lowest BCUT2D eigenvalue weighted by Crippen LogP contribution is -2.55. The van der Waals surface area contributed by atoms with Crippen LogP contribution in [-0.4, -0.2) is 26.2 Å². The summed E-state index contributed by atoms with van der Waals surface area (Å²) in [5.74, 6) is 2.09. The first-order chi connectivity index (χ1) is 8.74. The molecule has 2 rings (SSSR count). The highest BCUT2D eigenvalue weighted by atomic mass is 16.5. The number of ether oxygens (including phenoxy) is 2. The molecule has 0 bridgehead atoms. The molecular formula is C14H15NO3. The van der Waals surface area contributed by atoms with Gasteiger partial charge in [0.1, 0.15) is 0 Å². The van der Waals surface area contributed by atoms with E-state index < -0.39 is 5.54 Å². The van der Waals surface area contributed by atoms with Gasteiger partial charge in [-0.05, 0) is 11.1 Å². The first-order valence-corrected chi connectivity index (χ1v) is 5.67. The van der Waals surface area contributed by atoms with Crippen LogP contribution in [0, 0.1) is 12.3 Å². The van der Waals surface area contributed by atoms with Gasteiger partial charge in [-0.2, -0.15) is 0 Å². The second kappa shape index (κ2) is 5.21. The largest absolute Gasteiger partial charge is 0.467 e. The van der Waals surface area contributed by atoms with E-state index in [1.165, 1.54) is 7.11 Å². The lowest BCUT2D eigenvalue weighted by atomic mass is 9.85. The van der Waals surface area contributed by atoms with Crippen molar-refractivity contribution < 1.29 is 14.3 Å². The van der Waals surface area contributed by atoms with Gasteiger partial charge in [0.15, 0.2) is 5.54 Å². The van der Waals surface area contributed by atoms with Crippen molar-refractivity contribution in [3.05, 3.63) is 35.4 Å². The Balaban J connectivity index is 2.48. The van der Waals surface area contributed by atoms with Crippen LogP contribution in [-0.2, 0) is 26.4 Å². The molecule has 0 radical (unpaired) electrons. The van der Waals surface area contributed by atoms with E-state index in [9.17, 15) is 4.79 Å². The van der Waals surface area contributed by atoms with E-state index in [4.69, 9.17) is 15.9 Å². The summed E-state index contributed by atoms with van der Waals surface area (Å²) in [4.78, 5) is 12.1. The number of esters is 1. The lowest BCUT2D eigenvalue weighted by molar-refractivity contribution is -0.153. The Morgan fingerprint density at radius 3 is 3.11 bits per heavy atom. The van der Waals surface area contributed by atoms with Crippen molar-refractivity contribution in [1.29, 1.82) is 0 Å². The number of carbonyl (C=O) groups excluding carboxylic acids is 1. The molecule has 0 spiro atoms. The fraction of sp³-hybridized carbons (Fsp3) is 0.357. The summed E-state index contributed by atoms with van der Waals surface area (Å²) in [7, 11) is 1.36. The van der Waals surface area contributed by atoms with Crippen LogP contribution in [0.3, 0.4) is 0 Å². The van der Waals surface area contributed by atoms with Crippen LogP contribution in [0.15, 0.2) is 24.3 Å². The van der Waals surface area contributed by atoms with Gasteiger partial charge < -0.3 is 9.47 Å². The van der Waals surface area contributed by atoms with Gasteiger partial charge in [-0.15, -0.1) is 6.42 Å². The minimum atomic E-state index is -1.00. The Bertz CT molecular complexity index is 492. The molecule has 0 fully saturated rings. The van der Waals surface area contributed by atoms with Gasteiger partial charge in [-0.1, -0.05) is 30.2 Å². The molecule has 1 atom stereocenters. The fourth-order valence-corrected chi connectivity index (χ4v) is 2.22. The van der Waals surface area contributed by atoms with Crippen molar-refractivity contribution in [3.63, 3.8) is 0 Å². The third-order valence-electron chi connectivity index (χ3n) is 3.08. The molecule has 1 N–H and O–H groups in total. The standard InChI is InChI=1S/C14H15NO3/c1-3-8-15-14(13(16)17-2)10-18-9-11-6-4-5-7-12(11)14/h1,4-7,15H,8-10H2,2H3. The van der Waals surface area contributed by atoms with Crippen molar-refractivity contribution in [2.24, 2.45) is 0 Å². The summed E-state index contributed by atoms with van der Waals surface area (Å²) >= 11 is 0. The maximum atomic E-state index is 12.1. The monoisotopic (exact) mass is 245 g/mol. The molecule has 0 aromatic heterocycles. The van der Waals surface area contributed by atoms with Crippen LogP contribution < -0.4 is 5.32 Å². The molecular weight excluding hydrogens is 230 g/mol. The highest BCUT2D eigenvalue weighted by molar-refractivity contribution is 5.83. The van der Waals surface area contributed by atoms with E-state index in [0.717, 1.165) is 11.1 Å². The Labute approximate surface area is 106 Å². The molecule has 0 aliphatic carbocycles. The number of hydrogen-bond acceptors (Lipinski definition) is 4. The first-order valence-electron chi connectivity index (χ1n) is 5.67. The third kappa shape index (κ3) is 1.99. The van der Waals surface area contributed by atoms with E-state index in [2.05, 4.69) is 11.2 Å². The van der Waals surface area contributed by atoms with Crippen LogP contribution in [0.1, 0.15) is 11.1 Å². The maximum absolute atomic E-state index is 12.1. The molecule has 94 valence electrons. The molecule has 1 aliphatic rings. The summed E-state index contributed by atoms with van der Waals surface area (Å²) < 4.78 is 10.4. The first kappa shape index (κ1) is 12.6. The van der Waals surface area contributed by atoms with E-state index in [1.807, 2.05) is 24.3 Å². The highest BCUT2D eigenvalue weighted by Gasteiger charge is 2.44. The van der Waals surface area contributed by atoms with E-state index >= 15 is 0 Å². The molecule has 0 saturated heterocycles. The fourth-order valence-electron chi connectivity index (χ4n) is 2.22. The number of fused-ring (bicyclic) bond motifs is 1. The van der Waals surface area contributed by atoms with Gasteiger partial charge in [0.05, 0.1) is 26.9 Å². The summed E-state index contributed by atoms with van der Waals surface area (Å²) in [6, 6.07) is 7.64. The van der Waals surface area contributed by atoms with Crippen molar-refractivity contribution >= 4 is 5.97 Å². The van der Waals surface area contributed by atoms with Gasteiger partial charge in [-0.3, -0.25) is 5.32 Å². The lowest BCUT2D eigenvalue weighted by Gasteiger charge is -2.36. The summed E-state index contributed by atoms with van der Waals surface area (Å²) in [5, 5.41) is 3.06. The Morgan fingerprint density at radius 2 is 2.39 bits per heavy atom. The van der Waals surface area contributed by atoms with Crippen LogP contribution in [0.25, 0.3) is 0 Å². The summed E-state index contributed by atoms with van der Waals surface area (Å²) in [6.07, 6.45) is 5.26. The summed E-state index contributed by atoms with van der Waals surface area (Å²) in [5.41, 5.74) is 0.840. The molecule has 1 unspecified atom stereocenters. The minimum absolute atomic E-state index is 0.221. The molecule has 1 aromatic rings. The molecule has 1 aliphatic heterocycles. The average molecular weight is 245 g/mol.